The van der Waals surface area contributed by atoms with E-state index >= 15 is 0 Å². The van der Waals surface area contributed by atoms with Gasteiger partial charge in [0.2, 0.25) is 5.82 Å². The normalized spacial score (nSPS) is 18.5. The summed E-state index contributed by atoms with van der Waals surface area (Å²) in [4.78, 5) is 34.2. The summed E-state index contributed by atoms with van der Waals surface area (Å²) in [6, 6.07) is 5.92. The molecule has 0 saturated carbocycles. The van der Waals surface area contributed by atoms with Crippen LogP contribution in [0.5, 0.6) is 0 Å². The second kappa shape index (κ2) is 5.63. The Labute approximate surface area is 127 Å². The van der Waals surface area contributed by atoms with Gasteiger partial charge >= 0.3 is 5.69 Å². The molecule has 1 saturated heterocycles. The van der Waals surface area contributed by atoms with E-state index in [0.29, 0.717) is 19.6 Å². The highest BCUT2D eigenvalue weighted by Gasteiger charge is 2.30. The predicted octanol–water partition coefficient (Wildman–Crippen LogP) is 0.152. The number of pyridine rings is 1. The zero-order valence-electron chi connectivity index (χ0n) is 12.5. The molecule has 8 heteroatoms. The van der Waals surface area contributed by atoms with Crippen LogP contribution in [-0.2, 0) is 0 Å². The first-order valence-electron chi connectivity index (χ1n) is 7.19. The summed E-state index contributed by atoms with van der Waals surface area (Å²) < 4.78 is 0. The quantitative estimate of drug-likeness (QED) is 0.823. The van der Waals surface area contributed by atoms with Gasteiger partial charge in [-0.25, -0.2) is 14.9 Å². The van der Waals surface area contributed by atoms with Gasteiger partial charge in [0, 0.05) is 31.4 Å². The number of anilines is 1. The fourth-order valence-corrected chi connectivity index (χ4v) is 2.68. The Hall–Kier alpha value is -2.64. The van der Waals surface area contributed by atoms with Gasteiger partial charge in [-0.05, 0) is 26.0 Å². The molecule has 0 spiro atoms. The molecule has 8 nitrogen and oxygen atoms in total. The van der Waals surface area contributed by atoms with E-state index in [1.807, 2.05) is 32.0 Å². The maximum Gasteiger partial charge on any atom is 0.341 e. The number of aromatic amines is 2. The summed E-state index contributed by atoms with van der Waals surface area (Å²) in [5, 5.41) is 5.92. The van der Waals surface area contributed by atoms with E-state index in [-0.39, 0.29) is 17.8 Å². The van der Waals surface area contributed by atoms with Crippen molar-refractivity contribution in [2.24, 2.45) is 0 Å². The van der Waals surface area contributed by atoms with Gasteiger partial charge in [-0.15, -0.1) is 5.10 Å². The number of carbonyl (C=O) groups is 1. The molecule has 3 heterocycles. The molecule has 1 amide bonds. The van der Waals surface area contributed by atoms with Crippen molar-refractivity contribution in [1.82, 2.24) is 25.1 Å². The SMILES string of the molecule is Cc1cccc(N2CCN(C(=O)c3n[nH]c(=O)[nH]3)C(C)C2)n1. The molecule has 1 aliphatic heterocycles. The molecule has 3 rings (SSSR count). The molecule has 2 N–H and O–H groups in total. The third-order valence-electron chi connectivity index (χ3n) is 3.79. The fourth-order valence-electron chi connectivity index (χ4n) is 2.68. The minimum atomic E-state index is -0.474. The monoisotopic (exact) mass is 302 g/mol. The topological polar surface area (TPSA) is 98.0 Å². The molecule has 1 fully saturated rings. The van der Waals surface area contributed by atoms with Crippen molar-refractivity contribution in [1.29, 1.82) is 0 Å². The Morgan fingerprint density at radius 3 is 2.82 bits per heavy atom. The van der Waals surface area contributed by atoms with Gasteiger partial charge in [0.1, 0.15) is 5.82 Å². The number of nitrogens with one attached hydrogen (secondary N) is 2. The largest absolute Gasteiger partial charge is 0.353 e. The Bertz CT molecular complexity index is 737. The molecule has 1 unspecified atom stereocenters. The maximum absolute atomic E-state index is 12.4. The van der Waals surface area contributed by atoms with Crippen LogP contribution in [0, 0.1) is 6.92 Å². The molecular formula is C14H18N6O2. The van der Waals surface area contributed by atoms with Crippen LogP contribution in [0.3, 0.4) is 0 Å². The van der Waals surface area contributed by atoms with E-state index in [1.54, 1.807) is 4.90 Å². The molecule has 1 aliphatic rings. The molecule has 0 aromatic carbocycles. The summed E-state index contributed by atoms with van der Waals surface area (Å²) in [6.45, 7) is 5.88. The van der Waals surface area contributed by atoms with E-state index in [9.17, 15) is 9.59 Å². The van der Waals surface area contributed by atoms with Crippen molar-refractivity contribution in [3.8, 4) is 0 Å². The number of nitrogens with zero attached hydrogens (tertiary/aromatic N) is 4. The van der Waals surface area contributed by atoms with E-state index < -0.39 is 5.69 Å². The second-order valence-corrected chi connectivity index (χ2v) is 5.46. The van der Waals surface area contributed by atoms with Gasteiger partial charge in [0.25, 0.3) is 5.91 Å². The first-order valence-corrected chi connectivity index (χ1v) is 7.19. The lowest BCUT2D eigenvalue weighted by atomic mass is 10.2. The molecule has 1 atom stereocenters. The lowest BCUT2D eigenvalue weighted by molar-refractivity contribution is 0.0661. The van der Waals surface area contributed by atoms with Crippen LogP contribution < -0.4 is 10.6 Å². The molecule has 116 valence electrons. The first-order chi connectivity index (χ1) is 10.5. The smallest absolute Gasteiger partial charge is 0.341 e. The van der Waals surface area contributed by atoms with Crippen LogP contribution in [0.1, 0.15) is 23.2 Å². The molecular weight excluding hydrogens is 284 g/mol. The highest BCUT2D eigenvalue weighted by molar-refractivity contribution is 5.90. The number of piperazine rings is 1. The lowest BCUT2D eigenvalue weighted by Crippen LogP contribution is -2.54. The Morgan fingerprint density at radius 1 is 1.36 bits per heavy atom. The average molecular weight is 302 g/mol. The molecule has 0 radical (unpaired) electrons. The van der Waals surface area contributed by atoms with Gasteiger partial charge in [-0.1, -0.05) is 6.07 Å². The number of carbonyl (C=O) groups excluding carboxylic acids is 1. The van der Waals surface area contributed by atoms with Crippen LogP contribution in [0.4, 0.5) is 5.82 Å². The first kappa shape index (κ1) is 14.3. The van der Waals surface area contributed by atoms with Crippen LogP contribution in [0.15, 0.2) is 23.0 Å². The van der Waals surface area contributed by atoms with Gasteiger partial charge < -0.3 is 9.80 Å². The number of amides is 1. The Morgan fingerprint density at radius 2 is 2.18 bits per heavy atom. The van der Waals surface area contributed by atoms with E-state index in [4.69, 9.17) is 0 Å². The zero-order valence-corrected chi connectivity index (χ0v) is 12.5. The van der Waals surface area contributed by atoms with Crippen molar-refractivity contribution < 1.29 is 4.79 Å². The number of rotatable bonds is 2. The summed E-state index contributed by atoms with van der Waals surface area (Å²) in [7, 11) is 0. The van der Waals surface area contributed by atoms with Gasteiger partial charge in [-0.3, -0.25) is 9.78 Å². The Balaban J connectivity index is 1.72. The number of aromatic nitrogens is 4. The highest BCUT2D eigenvalue weighted by atomic mass is 16.2. The van der Waals surface area contributed by atoms with Crippen LogP contribution in [0.25, 0.3) is 0 Å². The fraction of sp³-hybridized carbons (Fsp3) is 0.429. The summed E-state index contributed by atoms with van der Waals surface area (Å²) in [5.74, 6) is 0.716. The molecule has 22 heavy (non-hydrogen) atoms. The second-order valence-electron chi connectivity index (χ2n) is 5.46. The van der Waals surface area contributed by atoms with Gasteiger partial charge in [0.05, 0.1) is 0 Å². The average Bonchev–Trinajstić information content (AvgIpc) is 2.93. The van der Waals surface area contributed by atoms with E-state index in [1.165, 1.54) is 0 Å². The van der Waals surface area contributed by atoms with E-state index in [2.05, 4.69) is 25.1 Å². The number of H-pyrrole nitrogens is 2. The van der Waals surface area contributed by atoms with Gasteiger partial charge in [-0.2, -0.15) is 0 Å². The highest BCUT2D eigenvalue weighted by Crippen LogP contribution is 2.18. The molecule has 0 bridgehead atoms. The third-order valence-corrected chi connectivity index (χ3v) is 3.79. The number of hydrogen-bond acceptors (Lipinski definition) is 5. The van der Waals surface area contributed by atoms with Crippen molar-refractivity contribution in [2.75, 3.05) is 24.5 Å². The summed E-state index contributed by atoms with van der Waals surface area (Å²) in [5.41, 5.74) is 0.497. The summed E-state index contributed by atoms with van der Waals surface area (Å²) >= 11 is 0. The van der Waals surface area contributed by atoms with Gasteiger partial charge in [0.15, 0.2) is 0 Å². The van der Waals surface area contributed by atoms with E-state index in [0.717, 1.165) is 11.5 Å². The van der Waals surface area contributed by atoms with Crippen LogP contribution >= 0.6 is 0 Å². The summed E-state index contributed by atoms with van der Waals surface area (Å²) in [6.07, 6.45) is 0. The minimum absolute atomic E-state index is 0.00349. The van der Waals surface area contributed by atoms with Crippen LogP contribution in [-0.4, -0.2) is 56.6 Å². The van der Waals surface area contributed by atoms with Crippen molar-refractivity contribution >= 4 is 11.7 Å². The molecule has 2 aromatic rings. The third kappa shape index (κ3) is 2.72. The zero-order chi connectivity index (χ0) is 15.7. The molecule has 2 aromatic heterocycles. The lowest BCUT2D eigenvalue weighted by Gasteiger charge is -2.40. The number of aryl methyl sites for hydroxylation is 1. The number of hydrogen-bond donors (Lipinski definition) is 2. The molecule has 0 aliphatic carbocycles. The van der Waals surface area contributed by atoms with Crippen molar-refractivity contribution in [3.63, 3.8) is 0 Å². The van der Waals surface area contributed by atoms with Crippen LogP contribution in [0.2, 0.25) is 0 Å². The maximum atomic E-state index is 12.4. The minimum Gasteiger partial charge on any atom is -0.353 e. The van der Waals surface area contributed by atoms with Crippen molar-refractivity contribution in [3.05, 3.63) is 40.2 Å². The van der Waals surface area contributed by atoms with Crippen molar-refractivity contribution in [2.45, 2.75) is 19.9 Å². The Kier molecular flexibility index (Phi) is 3.66. The predicted molar refractivity (Wildman–Crippen MR) is 80.9 cm³/mol. The standard InChI is InChI=1S/C14H18N6O2/c1-9-4-3-5-11(15-9)19-6-7-20(10(2)8-19)13(21)12-16-14(22)18-17-12/h3-5,10H,6-8H2,1-2H3,(H2,16,17,18,22).